The molecule has 27 heavy (non-hydrogen) atoms. The molecule has 0 amide bonds. The van der Waals surface area contributed by atoms with Gasteiger partial charge in [0, 0.05) is 0 Å². The normalized spacial score (nSPS) is 8.44. The van der Waals surface area contributed by atoms with Crippen LogP contribution in [0.1, 0.15) is 0 Å². The van der Waals surface area contributed by atoms with Crippen molar-refractivity contribution < 1.29 is 113 Å². The van der Waals surface area contributed by atoms with E-state index in [1.165, 1.54) is 10.7 Å². The molecule has 9 heteroatoms. The average Bonchev–Trinajstić information content (AvgIpc) is 2.58. The van der Waals surface area contributed by atoms with Crippen molar-refractivity contribution in [1.29, 1.82) is 0 Å². The van der Waals surface area contributed by atoms with Crippen LogP contribution >= 0.6 is 0 Å². The zero-order valence-corrected chi connectivity index (χ0v) is 27.2. The van der Waals surface area contributed by atoms with E-state index in [9.17, 15) is 0 Å². The van der Waals surface area contributed by atoms with Gasteiger partial charge in [0.05, 0.1) is 0 Å². The van der Waals surface area contributed by atoms with Crippen LogP contribution in [-0.2, 0) is 0 Å². The first-order chi connectivity index (χ1) is 11.2. The Bertz CT molecular complexity index is 601. The zero-order chi connectivity index (χ0) is 16.5. The Morgan fingerprint density at radius 1 is 0.481 bits per heavy atom. The van der Waals surface area contributed by atoms with E-state index in [2.05, 4.69) is 91.0 Å². The molecule has 124 valence electrons. The molecule has 3 nitrogen and oxygen atoms in total. The van der Waals surface area contributed by atoms with E-state index >= 15 is 0 Å². The van der Waals surface area contributed by atoms with Gasteiger partial charge >= 0.3 is 238 Å². The molecule has 0 spiro atoms. The Hall–Kier alpha value is 2.19. The molecule has 0 saturated heterocycles. The fraction of sp³-hybridized carbons (Fsp3) is 0. The van der Waals surface area contributed by atoms with E-state index in [4.69, 9.17) is 12.3 Å². The van der Waals surface area contributed by atoms with E-state index in [1.54, 1.807) is 0 Å². The molecule has 0 saturated carbocycles. The molecule has 0 heterocycles. The van der Waals surface area contributed by atoms with E-state index in [-0.39, 0.29) is 101 Å². The summed E-state index contributed by atoms with van der Waals surface area (Å²) in [4.78, 5) is 0. The number of rotatable bonds is 3. The van der Waals surface area contributed by atoms with Gasteiger partial charge in [-0.1, -0.05) is 0 Å². The summed E-state index contributed by atoms with van der Waals surface area (Å²) < 4.78 is 30.3. The van der Waals surface area contributed by atoms with E-state index in [1.807, 2.05) is 0 Å². The van der Waals surface area contributed by atoms with Gasteiger partial charge in [-0.25, -0.2) is 0 Å². The maximum atomic E-state index is 8.56. The monoisotopic (exact) mass is 578 g/mol. The van der Waals surface area contributed by atoms with Gasteiger partial charge in [-0.05, 0) is 0 Å². The molecule has 0 fully saturated rings. The van der Waals surface area contributed by atoms with Crippen molar-refractivity contribution in [3.63, 3.8) is 0 Å². The van der Waals surface area contributed by atoms with Crippen molar-refractivity contribution in [2.75, 3.05) is 0 Å². The van der Waals surface area contributed by atoms with Gasteiger partial charge < -0.3 is 12.4 Å². The van der Waals surface area contributed by atoms with Crippen molar-refractivity contribution >= 4 is 46.2 Å². The summed E-state index contributed by atoms with van der Waals surface area (Å²) in [5.74, 6) is 0. The first kappa shape index (κ1) is 33.8. The van der Waals surface area contributed by atoms with Crippen molar-refractivity contribution in [2.24, 2.45) is 0 Å². The third-order valence-electron chi connectivity index (χ3n) is 3.19. The molecule has 0 unspecified atom stereocenters. The fourth-order valence-electron chi connectivity index (χ4n) is 2.31. The number of hydrogen-bond donors (Lipinski definition) is 0. The zero-order valence-electron chi connectivity index (χ0n) is 15.7. The minimum atomic E-state index is -3.94. The predicted molar refractivity (Wildman–Crippen MR) is 89.7 cm³/mol. The molecule has 0 aliphatic carbocycles. The topological polar surface area (TPSA) is 69.2 Å². The summed E-state index contributed by atoms with van der Waals surface area (Å²) in [6, 6.07) is 32.9. The van der Waals surface area contributed by atoms with Gasteiger partial charge in [-0.2, -0.15) is 0 Å². The molecule has 0 radical (unpaired) electrons. The van der Waals surface area contributed by atoms with Crippen LogP contribution in [0.5, 0.6) is 0 Å². The summed E-state index contributed by atoms with van der Waals surface area (Å²) in [6.07, 6.45) is 0. The molecule has 0 bridgehead atoms. The quantitative estimate of drug-likeness (QED) is 0.291. The summed E-state index contributed by atoms with van der Waals surface area (Å²) >= 11 is -5.92. The Balaban J connectivity index is -0.000000661. The molecular formula is C18H15AsClNa3O3Sn. The third-order valence-corrected chi connectivity index (χ3v) is 11.0. The van der Waals surface area contributed by atoms with Crippen LogP contribution in [0.4, 0.5) is 0 Å². The van der Waals surface area contributed by atoms with Crippen LogP contribution in [0.15, 0.2) is 91.0 Å². The van der Waals surface area contributed by atoms with Gasteiger partial charge in [-0.3, -0.25) is 0 Å². The second-order valence-electron chi connectivity index (χ2n) is 4.70. The van der Waals surface area contributed by atoms with Crippen molar-refractivity contribution in [2.45, 2.75) is 0 Å². The molecule has 0 aromatic heterocycles. The molecule has 0 N–H and O–H groups in total. The second kappa shape index (κ2) is 20.1. The van der Waals surface area contributed by atoms with E-state index < -0.39 is 35.4 Å². The standard InChI is InChI=1S/3C6H5.AsO3.ClH.3Na.Sn/c3*1-2-4-6-5-3-1;2-1(3)4;;;;;/h3*1-5H;;1H;;;;/q;;;-3;;4*+1/p-1. The predicted octanol–water partition coefficient (Wildman–Crippen LogP) is -13.7. The Morgan fingerprint density at radius 2 is 0.667 bits per heavy atom. The van der Waals surface area contributed by atoms with Gasteiger partial charge in [-0.15, -0.1) is 0 Å². The molecular weight excluding hydrogens is 562 g/mol. The van der Waals surface area contributed by atoms with Crippen LogP contribution in [-0.4, -0.2) is 35.4 Å². The molecule has 0 atom stereocenters. The molecule has 0 aliphatic heterocycles. The molecule has 3 rings (SSSR count). The van der Waals surface area contributed by atoms with Crippen molar-refractivity contribution in [3.8, 4) is 0 Å². The van der Waals surface area contributed by atoms with E-state index in [0.717, 1.165) is 0 Å². The second-order valence-corrected chi connectivity index (χ2v) is 12.7. The van der Waals surface area contributed by atoms with E-state index in [0.29, 0.717) is 0 Å². The minimum absolute atomic E-state index is 0. The summed E-state index contributed by atoms with van der Waals surface area (Å²) in [6.45, 7) is 0. The summed E-state index contributed by atoms with van der Waals surface area (Å²) in [5, 5.41) is 0. The van der Waals surface area contributed by atoms with Crippen LogP contribution in [0.3, 0.4) is 0 Å². The molecule has 3 aromatic carbocycles. The number of hydrogen-bond acceptors (Lipinski definition) is 3. The van der Waals surface area contributed by atoms with Crippen LogP contribution in [0, 0.1) is 0 Å². The first-order valence-electron chi connectivity index (χ1n) is 7.03. The van der Waals surface area contributed by atoms with Gasteiger partial charge in [0.15, 0.2) is 0 Å². The Morgan fingerprint density at radius 3 is 0.852 bits per heavy atom. The number of benzene rings is 3. The van der Waals surface area contributed by atoms with Crippen LogP contribution < -0.4 is 124 Å². The first-order valence-corrected chi connectivity index (χ1v) is 13.6. The van der Waals surface area contributed by atoms with Crippen LogP contribution in [0.25, 0.3) is 0 Å². The van der Waals surface area contributed by atoms with Crippen molar-refractivity contribution in [3.05, 3.63) is 91.0 Å². The SMILES string of the molecule is [Cl-].[Na+].[Na+].[Na+].[O-][As]([O-])[O-].c1cc[c]([Sn+]([c]2ccccc2)[c]2ccccc2)cc1. The maximum absolute atomic E-state index is 8.56. The Labute approximate surface area is 246 Å². The summed E-state index contributed by atoms with van der Waals surface area (Å²) in [7, 11) is 0. The molecule has 3 aromatic rings. The number of halogens is 1. The van der Waals surface area contributed by atoms with Gasteiger partial charge in [0.25, 0.3) is 0 Å². The van der Waals surface area contributed by atoms with Crippen LogP contribution in [0.2, 0.25) is 0 Å². The Kier molecular flexibility index (Phi) is 25.2. The van der Waals surface area contributed by atoms with Gasteiger partial charge in [0.1, 0.15) is 0 Å². The summed E-state index contributed by atoms with van der Waals surface area (Å²) in [5.41, 5.74) is 0. The van der Waals surface area contributed by atoms with Crippen molar-refractivity contribution in [1.82, 2.24) is 0 Å². The molecule has 0 aliphatic rings. The fourth-order valence-corrected chi connectivity index (χ4v) is 9.67. The third kappa shape index (κ3) is 13.3. The van der Waals surface area contributed by atoms with Gasteiger partial charge in [0.2, 0.25) is 0 Å². The average molecular weight is 577 g/mol.